The molecule has 0 unspecified atom stereocenters. The van der Waals surface area contributed by atoms with Gasteiger partial charge in [0.1, 0.15) is 11.6 Å². The van der Waals surface area contributed by atoms with Crippen molar-refractivity contribution >= 4 is 29.1 Å². The maximum Gasteiger partial charge on any atom is 0.173 e. The first-order chi connectivity index (χ1) is 9.06. The zero-order valence-corrected chi connectivity index (χ0v) is 11.3. The maximum absolute atomic E-state index is 13.4. The van der Waals surface area contributed by atoms with Crippen LogP contribution in [0.3, 0.4) is 0 Å². The summed E-state index contributed by atoms with van der Waals surface area (Å²) in [6.07, 6.45) is 0. The first-order valence-corrected chi connectivity index (χ1v) is 6.79. The van der Waals surface area contributed by atoms with Gasteiger partial charge >= 0.3 is 0 Å². The molecule has 0 saturated heterocycles. The molecule has 0 saturated carbocycles. The molecule has 0 aliphatic carbocycles. The Hall–Kier alpha value is -1.39. The number of carbonyl (C=O) groups is 1. The van der Waals surface area contributed by atoms with Crippen molar-refractivity contribution in [2.75, 3.05) is 5.75 Å². The van der Waals surface area contributed by atoms with Gasteiger partial charge in [0.2, 0.25) is 0 Å². The number of hydrogen-bond donors (Lipinski definition) is 0. The summed E-state index contributed by atoms with van der Waals surface area (Å²) in [5.74, 6) is -1.18. The minimum Gasteiger partial charge on any atom is -0.293 e. The second-order valence-electron chi connectivity index (χ2n) is 3.79. The van der Waals surface area contributed by atoms with E-state index in [9.17, 15) is 13.6 Å². The molecule has 0 aromatic heterocycles. The lowest BCUT2D eigenvalue weighted by atomic mass is 10.1. The molecule has 0 heterocycles. The second-order valence-corrected chi connectivity index (χ2v) is 5.25. The highest BCUT2D eigenvalue weighted by Crippen LogP contribution is 2.23. The highest BCUT2D eigenvalue weighted by molar-refractivity contribution is 8.00. The van der Waals surface area contributed by atoms with Gasteiger partial charge in [-0.15, -0.1) is 11.8 Å². The lowest BCUT2D eigenvalue weighted by Crippen LogP contribution is -2.02. The minimum absolute atomic E-state index is 0.0437. The Labute approximate surface area is 118 Å². The molecule has 0 atom stereocenters. The van der Waals surface area contributed by atoms with E-state index in [0.29, 0.717) is 10.6 Å². The average Bonchev–Trinajstić information content (AvgIpc) is 2.40. The Kier molecular flexibility index (Phi) is 4.56. The number of rotatable bonds is 4. The van der Waals surface area contributed by atoms with Gasteiger partial charge in [0.25, 0.3) is 0 Å². The van der Waals surface area contributed by atoms with Gasteiger partial charge in [-0.25, -0.2) is 8.78 Å². The molecule has 0 bridgehead atoms. The largest absolute Gasteiger partial charge is 0.293 e. The lowest BCUT2D eigenvalue weighted by Gasteiger charge is -2.03. The van der Waals surface area contributed by atoms with Crippen LogP contribution in [0.1, 0.15) is 10.4 Å². The van der Waals surface area contributed by atoms with E-state index in [1.807, 2.05) is 0 Å². The molecule has 0 amide bonds. The smallest absolute Gasteiger partial charge is 0.173 e. The lowest BCUT2D eigenvalue weighted by molar-refractivity contribution is 0.102. The molecular weight excluding hydrogens is 290 g/mol. The summed E-state index contributed by atoms with van der Waals surface area (Å²) >= 11 is 6.69. The van der Waals surface area contributed by atoms with Crippen molar-refractivity contribution in [2.24, 2.45) is 0 Å². The van der Waals surface area contributed by atoms with Crippen molar-refractivity contribution in [3.05, 3.63) is 64.7 Å². The SMILES string of the molecule is O=C(CSc1cc(F)ccc1F)c1ccc(Cl)cc1. The van der Waals surface area contributed by atoms with Gasteiger partial charge in [-0.05, 0) is 42.5 Å². The molecule has 2 rings (SSSR count). The van der Waals surface area contributed by atoms with Gasteiger partial charge in [-0.2, -0.15) is 0 Å². The van der Waals surface area contributed by atoms with Gasteiger partial charge < -0.3 is 0 Å². The van der Waals surface area contributed by atoms with Gasteiger partial charge in [0.15, 0.2) is 5.78 Å². The summed E-state index contributed by atoms with van der Waals surface area (Å²) in [7, 11) is 0. The Bertz CT molecular complexity index is 599. The second kappa shape index (κ2) is 6.17. The van der Waals surface area contributed by atoms with Crippen molar-refractivity contribution in [3.8, 4) is 0 Å². The van der Waals surface area contributed by atoms with Crippen LogP contribution in [0.5, 0.6) is 0 Å². The molecule has 19 heavy (non-hydrogen) atoms. The Morgan fingerprint density at radius 2 is 1.79 bits per heavy atom. The van der Waals surface area contributed by atoms with Gasteiger partial charge in [0.05, 0.1) is 5.75 Å². The van der Waals surface area contributed by atoms with Crippen molar-refractivity contribution in [1.82, 2.24) is 0 Å². The van der Waals surface area contributed by atoms with Crippen LogP contribution in [0.4, 0.5) is 8.78 Å². The summed E-state index contributed by atoms with van der Waals surface area (Å²) in [4.78, 5) is 12.0. The molecular formula is C14H9ClF2OS. The Balaban J connectivity index is 2.04. The van der Waals surface area contributed by atoms with E-state index in [0.717, 1.165) is 30.0 Å². The molecule has 5 heteroatoms. The molecule has 0 aliphatic heterocycles. The number of halogens is 3. The fourth-order valence-corrected chi connectivity index (χ4v) is 2.43. The van der Waals surface area contributed by atoms with Crippen LogP contribution in [-0.4, -0.2) is 11.5 Å². The van der Waals surface area contributed by atoms with Crippen LogP contribution >= 0.6 is 23.4 Å². The standard InChI is InChI=1S/C14H9ClF2OS/c15-10-3-1-9(2-4-10)13(18)8-19-14-7-11(16)5-6-12(14)17/h1-7H,8H2. The van der Waals surface area contributed by atoms with Crippen LogP contribution in [0, 0.1) is 11.6 Å². The third-order valence-electron chi connectivity index (χ3n) is 2.42. The fourth-order valence-electron chi connectivity index (χ4n) is 1.45. The number of thioether (sulfide) groups is 1. The number of benzene rings is 2. The fraction of sp³-hybridized carbons (Fsp3) is 0.0714. The zero-order valence-electron chi connectivity index (χ0n) is 9.70. The van der Waals surface area contributed by atoms with E-state index in [2.05, 4.69) is 0 Å². The van der Waals surface area contributed by atoms with Crippen LogP contribution in [-0.2, 0) is 0 Å². The van der Waals surface area contributed by atoms with Crippen molar-refractivity contribution in [3.63, 3.8) is 0 Å². The minimum atomic E-state index is -0.532. The molecule has 0 aliphatic rings. The molecule has 0 radical (unpaired) electrons. The molecule has 98 valence electrons. The third-order valence-corrected chi connectivity index (χ3v) is 3.70. The monoisotopic (exact) mass is 298 g/mol. The van der Waals surface area contributed by atoms with Gasteiger partial charge in [-0.1, -0.05) is 11.6 Å². The molecule has 2 aromatic rings. The van der Waals surface area contributed by atoms with E-state index in [1.54, 1.807) is 24.3 Å². The van der Waals surface area contributed by atoms with E-state index in [1.165, 1.54) is 0 Å². The number of Topliss-reactive ketones (excluding diaryl/α,β-unsaturated/α-hetero) is 1. The summed E-state index contributed by atoms with van der Waals surface area (Å²) in [6, 6.07) is 9.60. The molecule has 0 spiro atoms. The molecule has 0 N–H and O–H groups in total. The highest BCUT2D eigenvalue weighted by Gasteiger charge is 2.10. The Morgan fingerprint density at radius 1 is 1.11 bits per heavy atom. The number of hydrogen-bond acceptors (Lipinski definition) is 2. The van der Waals surface area contributed by atoms with E-state index in [-0.39, 0.29) is 16.4 Å². The van der Waals surface area contributed by atoms with E-state index >= 15 is 0 Å². The molecule has 0 fully saturated rings. The van der Waals surface area contributed by atoms with Crippen molar-refractivity contribution < 1.29 is 13.6 Å². The van der Waals surface area contributed by atoms with Gasteiger partial charge in [0, 0.05) is 15.5 Å². The normalized spacial score (nSPS) is 10.5. The quantitative estimate of drug-likeness (QED) is 0.606. The first-order valence-electron chi connectivity index (χ1n) is 5.43. The van der Waals surface area contributed by atoms with Crippen LogP contribution in [0.25, 0.3) is 0 Å². The zero-order chi connectivity index (χ0) is 13.8. The van der Waals surface area contributed by atoms with Gasteiger partial charge in [-0.3, -0.25) is 4.79 Å². The first kappa shape index (κ1) is 14.0. The maximum atomic E-state index is 13.4. The van der Waals surface area contributed by atoms with Crippen LogP contribution in [0.2, 0.25) is 5.02 Å². The molecule has 2 aromatic carbocycles. The van der Waals surface area contributed by atoms with Crippen molar-refractivity contribution in [1.29, 1.82) is 0 Å². The molecule has 1 nitrogen and oxygen atoms in total. The number of ketones is 1. The summed E-state index contributed by atoms with van der Waals surface area (Å²) in [6.45, 7) is 0. The van der Waals surface area contributed by atoms with Crippen molar-refractivity contribution in [2.45, 2.75) is 4.90 Å². The van der Waals surface area contributed by atoms with E-state index < -0.39 is 11.6 Å². The predicted octanol–water partition coefficient (Wildman–Crippen LogP) is 4.59. The average molecular weight is 299 g/mol. The van der Waals surface area contributed by atoms with Crippen LogP contribution in [0.15, 0.2) is 47.4 Å². The predicted molar refractivity (Wildman–Crippen MR) is 72.9 cm³/mol. The summed E-state index contributed by atoms with van der Waals surface area (Å²) < 4.78 is 26.3. The van der Waals surface area contributed by atoms with E-state index in [4.69, 9.17) is 11.6 Å². The number of carbonyl (C=O) groups excluding carboxylic acids is 1. The summed E-state index contributed by atoms with van der Waals surface area (Å²) in [5, 5.41) is 0.542. The van der Waals surface area contributed by atoms with Crippen LogP contribution < -0.4 is 0 Å². The summed E-state index contributed by atoms with van der Waals surface area (Å²) in [5.41, 5.74) is 0.494. The Morgan fingerprint density at radius 3 is 2.47 bits per heavy atom. The third kappa shape index (κ3) is 3.78. The highest BCUT2D eigenvalue weighted by atomic mass is 35.5. The topological polar surface area (TPSA) is 17.1 Å².